The third-order valence-corrected chi connectivity index (χ3v) is 12.5. The van der Waals surface area contributed by atoms with E-state index in [0.717, 1.165) is 24.3 Å². The van der Waals surface area contributed by atoms with Crippen LogP contribution in [-0.4, -0.2) is 9.13 Å². The Bertz CT molecular complexity index is 3870. The van der Waals surface area contributed by atoms with Crippen LogP contribution in [0.15, 0.2) is 158 Å². The first-order valence-electron chi connectivity index (χ1n) is 21.2. The summed E-state index contributed by atoms with van der Waals surface area (Å²) in [4.78, 5) is 0. The smallest absolute Gasteiger partial charge is 0.309 e. The topological polar surface area (TPSA) is 33.6 Å². The molecule has 0 aliphatic rings. The molecular weight excluding hydrogens is 976 g/mol. The number of halogens is 15. The molecule has 0 spiro atoms. The summed E-state index contributed by atoms with van der Waals surface area (Å²) >= 11 is 0. The average molecular weight is 1000 g/mol. The van der Waals surface area contributed by atoms with Crippen molar-refractivity contribution in [3.63, 3.8) is 0 Å². The van der Waals surface area contributed by atoms with Crippen LogP contribution in [0.1, 0.15) is 33.4 Å². The Morgan fingerprint density at radius 3 is 1.18 bits per heavy atom. The second-order valence-corrected chi connectivity index (χ2v) is 16.8. The molecule has 0 bridgehead atoms. The lowest BCUT2D eigenvalue weighted by molar-refractivity contribution is -0.144. The summed E-state index contributed by atoms with van der Waals surface area (Å²) < 4.78 is 215. The first kappa shape index (κ1) is 47.5. The molecule has 0 amide bonds. The molecule has 0 unspecified atom stereocenters. The maximum absolute atomic E-state index is 14.4. The Morgan fingerprint density at radius 1 is 0.319 bits per heavy atom. The highest BCUT2D eigenvalue weighted by atomic mass is 19.4. The Kier molecular flexibility index (Phi) is 10.8. The minimum Gasteiger partial charge on any atom is -0.309 e. The number of hydrogen-bond acceptors (Lipinski definition) is 1. The van der Waals surface area contributed by atoms with E-state index in [1.165, 1.54) is 60.7 Å². The molecule has 10 aromatic rings. The van der Waals surface area contributed by atoms with E-state index in [1.54, 1.807) is 57.7 Å². The highest BCUT2D eigenvalue weighted by Gasteiger charge is 2.40. The fraction of sp³-hybridized carbons (Fsp3) is 0.0926. The van der Waals surface area contributed by atoms with E-state index in [1.807, 2.05) is 0 Å². The standard InChI is InChI=1S/C54H26F15N3/c55-50(56,57)32-7-5-6-28(20-32)39-26-48(71-44-10-3-1-8-37(44)40-21-29(12-18-46(40)71)35-16-14-33(51(58,59)60)24-42(35)53(64,65)66)31(27-70)23-49(39)72-45-11-4-2-9-38(45)41-22-30(13-19-47(41)72)36-17-15-34(52(61,62)63)25-43(36)54(67,68)69/h1-26H. The molecule has 0 atom stereocenters. The lowest BCUT2D eigenvalue weighted by Gasteiger charge is -2.20. The normalized spacial score (nSPS) is 12.9. The van der Waals surface area contributed by atoms with Crippen LogP contribution >= 0.6 is 0 Å². The van der Waals surface area contributed by atoms with Gasteiger partial charge in [0.25, 0.3) is 0 Å². The molecule has 10 rings (SSSR count). The molecule has 362 valence electrons. The number of benzene rings is 8. The molecule has 0 saturated carbocycles. The lowest BCUT2D eigenvalue weighted by atomic mass is 9.95. The molecule has 0 radical (unpaired) electrons. The second kappa shape index (κ2) is 16.4. The zero-order valence-corrected chi connectivity index (χ0v) is 36.0. The molecule has 0 N–H and O–H groups in total. The van der Waals surface area contributed by atoms with Gasteiger partial charge in [0.05, 0.1) is 66.8 Å². The summed E-state index contributed by atoms with van der Waals surface area (Å²) in [6, 6.07) is 32.9. The molecule has 3 nitrogen and oxygen atoms in total. The van der Waals surface area contributed by atoms with Gasteiger partial charge in [-0.3, -0.25) is 0 Å². The zero-order valence-electron chi connectivity index (χ0n) is 36.0. The largest absolute Gasteiger partial charge is 0.417 e. The maximum atomic E-state index is 14.4. The van der Waals surface area contributed by atoms with Gasteiger partial charge in [0.15, 0.2) is 0 Å². The predicted molar refractivity (Wildman–Crippen MR) is 241 cm³/mol. The Hall–Kier alpha value is -8.20. The molecule has 0 aliphatic heterocycles. The Labute approximate surface area is 395 Å². The fourth-order valence-corrected chi connectivity index (χ4v) is 9.34. The van der Waals surface area contributed by atoms with E-state index >= 15 is 0 Å². The first-order valence-corrected chi connectivity index (χ1v) is 21.2. The summed E-state index contributed by atoms with van der Waals surface area (Å²) in [5.74, 6) is 0. The van der Waals surface area contributed by atoms with Crippen molar-refractivity contribution in [2.24, 2.45) is 0 Å². The molecule has 2 aromatic heterocycles. The maximum Gasteiger partial charge on any atom is 0.417 e. The van der Waals surface area contributed by atoms with Gasteiger partial charge in [-0.25, -0.2) is 0 Å². The molecular formula is C54H26F15N3. The number of fused-ring (bicyclic) bond motifs is 6. The quantitative estimate of drug-likeness (QED) is 0.158. The van der Waals surface area contributed by atoms with Crippen molar-refractivity contribution in [1.29, 1.82) is 5.26 Å². The molecule has 0 fully saturated rings. The van der Waals surface area contributed by atoms with Crippen LogP contribution in [0, 0.1) is 11.3 Å². The van der Waals surface area contributed by atoms with Crippen LogP contribution in [-0.2, 0) is 30.9 Å². The third kappa shape index (κ3) is 8.11. The van der Waals surface area contributed by atoms with E-state index in [-0.39, 0.29) is 67.7 Å². The van der Waals surface area contributed by atoms with Crippen molar-refractivity contribution in [2.45, 2.75) is 30.9 Å². The highest BCUT2D eigenvalue weighted by molar-refractivity contribution is 6.12. The van der Waals surface area contributed by atoms with E-state index in [9.17, 15) is 71.1 Å². The van der Waals surface area contributed by atoms with Gasteiger partial charge in [0.1, 0.15) is 6.07 Å². The van der Waals surface area contributed by atoms with Crippen LogP contribution in [0.5, 0.6) is 0 Å². The van der Waals surface area contributed by atoms with Gasteiger partial charge < -0.3 is 9.13 Å². The van der Waals surface area contributed by atoms with Gasteiger partial charge in [-0.2, -0.15) is 71.1 Å². The van der Waals surface area contributed by atoms with Crippen molar-refractivity contribution in [2.75, 3.05) is 0 Å². The van der Waals surface area contributed by atoms with Gasteiger partial charge in [-0.15, -0.1) is 0 Å². The van der Waals surface area contributed by atoms with Crippen molar-refractivity contribution < 1.29 is 65.9 Å². The van der Waals surface area contributed by atoms with Crippen LogP contribution in [0.25, 0.3) is 88.4 Å². The molecule has 18 heteroatoms. The summed E-state index contributed by atoms with van der Waals surface area (Å²) in [5, 5.41) is 12.4. The van der Waals surface area contributed by atoms with Crippen LogP contribution in [0.2, 0.25) is 0 Å². The van der Waals surface area contributed by atoms with Gasteiger partial charge in [-0.05, 0) is 113 Å². The SMILES string of the molecule is N#Cc1cc(-n2c3ccccc3c3cc(-c4ccc(C(F)(F)F)cc4C(F)(F)F)ccc32)c(-c2cccc(C(F)(F)F)c2)cc1-n1c2ccccc2c2cc(-c3ccc(C(F)(F)F)cc3C(F)(F)F)ccc21. The van der Waals surface area contributed by atoms with Gasteiger partial charge >= 0.3 is 30.9 Å². The van der Waals surface area contributed by atoms with Crippen molar-refractivity contribution in [3.05, 3.63) is 191 Å². The predicted octanol–water partition coefficient (Wildman–Crippen LogP) is 17.8. The van der Waals surface area contributed by atoms with Crippen LogP contribution in [0.4, 0.5) is 65.9 Å². The average Bonchev–Trinajstić information content (AvgIpc) is 3.84. The monoisotopic (exact) mass is 1000 g/mol. The summed E-state index contributed by atoms with van der Waals surface area (Å²) in [5.41, 5.74) is -7.01. The number of para-hydroxylation sites is 2. The Balaban J connectivity index is 1.24. The number of alkyl halides is 15. The number of nitriles is 1. The number of aromatic nitrogens is 2. The summed E-state index contributed by atoms with van der Waals surface area (Å²) in [6.45, 7) is 0. The van der Waals surface area contributed by atoms with Gasteiger partial charge in [0, 0.05) is 27.1 Å². The van der Waals surface area contributed by atoms with E-state index in [2.05, 4.69) is 6.07 Å². The van der Waals surface area contributed by atoms with Crippen LogP contribution in [0.3, 0.4) is 0 Å². The fourth-order valence-electron chi connectivity index (χ4n) is 9.34. The highest BCUT2D eigenvalue weighted by Crippen LogP contribution is 2.47. The molecule has 8 aromatic carbocycles. The third-order valence-electron chi connectivity index (χ3n) is 12.5. The first-order chi connectivity index (χ1) is 33.8. The van der Waals surface area contributed by atoms with Gasteiger partial charge in [-0.1, -0.05) is 72.8 Å². The zero-order chi connectivity index (χ0) is 51.4. The van der Waals surface area contributed by atoms with E-state index < -0.39 is 69.8 Å². The second-order valence-electron chi connectivity index (χ2n) is 16.8. The molecule has 0 saturated heterocycles. The number of nitrogens with zero attached hydrogens (tertiary/aromatic N) is 3. The summed E-state index contributed by atoms with van der Waals surface area (Å²) in [7, 11) is 0. The van der Waals surface area contributed by atoms with E-state index in [4.69, 9.17) is 0 Å². The minimum absolute atomic E-state index is 0.0160. The van der Waals surface area contributed by atoms with E-state index in [0.29, 0.717) is 39.3 Å². The number of hydrogen-bond donors (Lipinski definition) is 0. The summed E-state index contributed by atoms with van der Waals surface area (Å²) in [6.07, 6.45) is -25.4. The van der Waals surface area contributed by atoms with Gasteiger partial charge in [0.2, 0.25) is 0 Å². The molecule has 72 heavy (non-hydrogen) atoms. The van der Waals surface area contributed by atoms with Crippen LogP contribution < -0.4 is 0 Å². The lowest BCUT2D eigenvalue weighted by Crippen LogP contribution is -2.12. The Morgan fingerprint density at radius 2 is 0.736 bits per heavy atom. The molecule has 2 heterocycles. The van der Waals surface area contributed by atoms with Crippen molar-refractivity contribution in [1.82, 2.24) is 9.13 Å². The minimum atomic E-state index is -5.21. The molecule has 0 aliphatic carbocycles. The number of rotatable bonds is 5. The van der Waals surface area contributed by atoms with Crippen molar-refractivity contribution in [3.8, 4) is 50.8 Å². The van der Waals surface area contributed by atoms with Crippen molar-refractivity contribution >= 4 is 43.6 Å².